The zero-order valence-corrected chi connectivity index (χ0v) is 11.5. The Morgan fingerprint density at radius 2 is 2.00 bits per heavy atom. The summed E-state index contributed by atoms with van der Waals surface area (Å²) >= 11 is 0. The van der Waals surface area contributed by atoms with Gasteiger partial charge in [0, 0.05) is 58.9 Å². The molecule has 0 fully saturated rings. The van der Waals surface area contributed by atoms with Gasteiger partial charge in [-0.15, -0.1) is 0 Å². The van der Waals surface area contributed by atoms with Crippen LogP contribution < -0.4 is 10.2 Å². The number of aromatic nitrogens is 1. The lowest BCUT2D eigenvalue weighted by atomic mass is 10.3. The van der Waals surface area contributed by atoms with Gasteiger partial charge in [-0.25, -0.2) is 4.98 Å². The zero-order chi connectivity index (χ0) is 13.2. The molecule has 0 saturated heterocycles. The van der Waals surface area contributed by atoms with Gasteiger partial charge >= 0.3 is 0 Å². The Balaban J connectivity index is 2.66. The average molecular weight is 253 g/mol. The summed E-state index contributed by atoms with van der Waals surface area (Å²) in [5.74, 6) is 0.877. The van der Waals surface area contributed by atoms with Crippen LogP contribution >= 0.6 is 0 Å². The molecular formula is C13H23N3O2. The average Bonchev–Trinajstić information content (AvgIpc) is 2.42. The van der Waals surface area contributed by atoms with Gasteiger partial charge in [-0.2, -0.15) is 0 Å². The van der Waals surface area contributed by atoms with Crippen molar-refractivity contribution in [2.75, 3.05) is 57.8 Å². The maximum Gasteiger partial charge on any atom is 0.127 e. The van der Waals surface area contributed by atoms with Gasteiger partial charge in [-0.05, 0) is 12.5 Å². The Bertz CT molecular complexity index is 334. The van der Waals surface area contributed by atoms with Crippen molar-refractivity contribution in [1.29, 1.82) is 0 Å². The molecule has 0 aliphatic heterocycles. The third-order valence-electron chi connectivity index (χ3n) is 2.71. The molecule has 5 heteroatoms. The first kappa shape index (κ1) is 14.7. The van der Waals surface area contributed by atoms with E-state index < -0.39 is 0 Å². The third kappa shape index (κ3) is 4.89. The van der Waals surface area contributed by atoms with Crippen LogP contribution in [0.3, 0.4) is 0 Å². The summed E-state index contributed by atoms with van der Waals surface area (Å²) in [6, 6.07) is 4.06. The summed E-state index contributed by atoms with van der Waals surface area (Å²) in [6.45, 7) is 3.30. The number of hydrogen-bond donors (Lipinski definition) is 1. The first-order valence-electron chi connectivity index (χ1n) is 6.18. The lowest BCUT2D eigenvalue weighted by Gasteiger charge is -2.24. The Morgan fingerprint density at radius 3 is 2.67 bits per heavy atom. The Hall–Kier alpha value is -1.33. The molecule has 0 aromatic carbocycles. The van der Waals surface area contributed by atoms with Crippen LogP contribution in [0.25, 0.3) is 0 Å². The van der Waals surface area contributed by atoms with Crippen LogP contribution in [0.1, 0.15) is 6.42 Å². The zero-order valence-electron chi connectivity index (χ0n) is 11.5. The Morgan fingerprint density at radius 1 is 1.22 bits per heavy atom. The third-order valence-corrected chi connectivity index (χ3v) is 2.71. The minimum absolute atomic E-state index is 0.712. The quantitative estimate of drug-likeness (QED) is 0.678. The number of anilines is 2. The molecule has 1 rings (SSSR count). The standard InChI is InChI=1S/C13H23N3O2/c1-14-13-11-12(5-6-15-13)16(8-10-18-3)7-4-9-17-2/h5-6,11H,4,7-10H2,1-3H3,(H,14,15). The van der Waals surface area contributed by atoms with E-state index in [9.17, 15) is 0 Å². The predicted octanol–water partition coefficient (Wildman–Crippen LogP) is 1.61. The van der Waals surface area contributed by atoms with Gasteiger partial charge in [0.05, 0.1) is 6.61 Å². The first-order chi connectivity index (χ1) is 8.81. The molecule has 1 N–H and O–H groups in total. The minimum atomic E-state index is 0.712. The summed E-state index contributed by atoms with van der Waals surface area (Å²) in [7, 11) is 5.32. The van der Waals surface area contributed by atoms with E-state index in [1.165, 1.54) is 0 Å². The van der Waals surface area contributed by atoms with Crippen molar-refractivity contribution in [2.45, 2.75) is 6.42 Å². The Labute approximate surface area is 109 Å². The SMILES string of the molecule is CNc1cc(N(CCCOC)CCOC)ccn1. The molecule has 102 valence electrons. The summed E-state index contributed by atoms with van der Waals surface area (Å²) in [4.78, 5) is 6.51. The normalized spacial score (nSPS) is 10.4. The first-order valence-corrected chi connectivity index (χ1v) is 6.18. The molecule has 0 saturated carbocycles. The van der Waals surface area contributed by atoms with Crippen molar-refractivity contribution in [1.82, 2.24) is 4.98 Å². The van der Waals surface area contributed by atoms with E-state index in [-0.39, 0.29) is 0 Å². The maximum atomic E-state index is 5.15. The topological polar surface area (TPSA) is 46.6 Å². The van der Waals surface area contributed by atoms with Gasteiger partial charge in [0.1, 0.15) is 5.82 Å². The van der Waals surface area contributed by atoms with Gasteiger partial charge in [-0.3, -0.25) is 0 Å². The number of nitrogens with one attached hydrogen (secondary N) is 1. The summed E-state index contributed by atoms with van der Waals surface area (Å²) < 4.78 is 10.2. The predicted molar refractivity (Wildman–Crippen MR) is 74.4 cm³/mol. The van der Waals surface area contributed by atoms with E-state index in [0.717, 1.165) is 37.6 Å². The number of hydrogen-bond acceptors (Lipinski definition) is 5. The lowest BCUT2D eigenvalue weighted by Crippen LogP contribution is -2.29. The van der Waals surface area contributed by atoms with Crippen LogP contribution in [0.4, 0.5) is 11.5 Å². The number of ether oxygens (including phenoxy) is 2. The van der Waals surface area contributed by atoms with Crippen molar-refractivity contribution < 1.29 is 9.47 Å². The van der Waals surface area contributed by atoms with Crippen molar-refractivity contribution >= 4 is 11.5 Å². The largest absolute Gasteiger partial charge is 0.385 e. The molecule has 0 amide bonds. The van der Waals surface area contributed by atoms with E-state index in [0.29, 0.717) is 6.61 Å². The van der Waals surface area contributed by atoms with Gasteiger partial charge in [0.25, 0.3) is 0 Å². The fourth-order valence-corrected chi connectivity index (χ4v) is 1.72. The molecule has 0 aliphatic carbocycles. The molecule has 0 aliphatic rings. The molecule has 0 atom stereocenters. The molecule has 0 radical (unpaired) electrons. The van der Waals surface area contributed by atoms with Gasteiger partial charge in [-0.1, -0.05) is 0 Å². The van der Waals surface area contributed by atoms with Crippen LogP contribution in [0, 0.1) is 0 Å². The van der Waals surface area contributed by atoms with Gasteiger partial charge < -0.3 is 19.7 Å². The summed E-state index contributed by atoms with van der Waals surface area (Å²) in [5, 5.41) is 3.05. The van der Waals surface area contributed by atoms with Crippen molar-refractivity contribution in [3.8, 4) is 0 Å². The molecule has 1 aromatic heterocycles. The van der Waals surface area contributed by atoms with Crippen LogP contribution in [0.5, 0.6) is 0 Å². The van der Waals surface area contributed by atoms with E-state index >= 15 is 0 Å². The molecular weight excluding hydrogens is 230 g/mol. The van der Waals surface area contributed by atoms with E-state index in [1.807, 2.05) is 25.4 Å². The molecule has 0 bridgehead atoms. The van der Waals surface area contributed by atoms with Crippen molar-refractivity contribution in [3.63, 3.8) is 0 Å². The fraction of sp³-hybridized carbons (Fsp3) is 0.615. The highest BCUT2D eigenvalue weighted by Crippen LogP contribution is 2.17. The van der Waals surface area contributed by atoms with Gasteiger partial charge in [0.15, 0.2) is 0 Å². The van der Waals surface area contributed by atoms with Crippen LogP contribution in [0.15, 0.2) is 18.3 Å². The molecule has 1 aromatic rings. The van der Waals surface area contributed by atoms with Crippen LogP contribution in [0.2, 0.25) is 0 Å². The van der Waals surface area contributed by atoms with E-state index in [4.69, 9.17) is 9.47 Å². The second-order valence-corrected chi connectivity index (χ2v) is 3.98. The Kier molecular flexibility index (Phi) is 7.13. The second kappa shape index (κ2) is 8.72. The molecule has 5 nitrogen and oxygen atoms in total. The molecule has 18 heavy (non-hydrogen) atoms. The number of methoxy groups -OCH3 is 2. The monoisotopic (exact) mass is 253 g/mol. The van der Waals surface area contributed by atoms with Crippen molar-refractivity contribution in [2.24, 2.45) is 0 Å². The van der Waals surface area contributed by atoms with E-state index in [2.05, 4.69) is 15.2 Å². The highest BCUT2D eigenvalue weighted by atomic mass is 16.5. The molecule has 1 heterocycles. The highest BCUT2D eigenvalue weighted by Gasteiger charge is 2.07. The number of nitrogens with zero attached hydrogens (tertiary/aromatic N) is 2. The summed E-state index contributed by atoms with van der Waals surface area (Å²) in [5.41, 5.74) is 1.16. The van der Waals surface area contributed by atoms with Gasteiger partial charge in [0.2, 0.25) is 0 Å². The number of rotatable bonds is 9. The molecule has 0 spiro atoms. The van der Waals surface area contributed by atoms with Crippen molar-refractivity contribution in [3.05, 3.63) is 18.3 Å². The maximum absolute atomic E-state index is 5.15. The van der Waals surface area contributed by atoms with Crippen LogP contribution in [-0.2, 0) is 9.47 Å². The molecule has 0 unspecified atom stereocenters. The highest BCUT2D eigenvalue weighted by molar-refractivity contribution is 5.53. The fourth-order valence-electron chi connectivity index (χ4n) is 1.72. The second-order valence-electron chi connectivity index (χ2n) is 3.98. The van der Waals surface area contributed by atoms with Crippen LogP contribution in [-0.4, -0.2) is 52.6 Å². The lowest BCUT2D eigenvalue weighted by molar-refractivity contribution is 0.191. The summed E-state index contributed by atoms with van der Waals surface area (Å²) in [6.07, 6.45) is 2.81. The minimum Gasteiger partial charge on any atom is -0.385 e. The number of pyridine rings is 1. The smallest absolute Gasteiger partial charge is 0.127 e. The van der Waals surface area contributed by atoms with E-state index in [1.54, 1.807) is 14.2 Å².